The Morgan fingerprint density at radius 1 is 1.07 bits per heavy atom. The number of nitrogens with zero attached hydrogens (tertiary/aromatic N) is 1. The van der Waals surface area contributed by atoms with Crippen LogP contribution in [-0.2, 0) is 11.4 Å². The zero-order valence-corrected chi connectivity index (χ0v) is 17.1. The maximum atomic E-state index is 11.9. The second-order valence-electron chi connectivity index (χ2n) is 8.14. The van der Waals surface area contributed by atoms with Crippen molar-refractivity contribution in [3.05, 3.63) is 71.3 Å². The maximum absolute atomic E-state index is 11.9. The van der Waals surface area contributed by atoms with Crippen molar-refractivity contribution in [3.8, 4) is 0 Å². The third-order valence-corrected chi connectivity index (χ3v) is 5.99. The molecule has 154 valence electrons. The van der Waals surface area contributed by atoms with Gasteiger partial charge >= 0.3 is 0 Å². The monoisotopic (exact) mass is 393 g/mol. The van der Waals surface area contributed by atoms with E-state index < -0.39 is 0 Å². The first-order chi connectivity index (χ1) is 14.2. The lowest BCUT2D eigenvalue weighted by Crippen LogP contribution is -2.43. The number of carbonyl (C=O) groups excluding carboxylic acids is 1. The second kappa shape index (κ2) is 9.53. The molecule has 0 aromatic heterocycles. The summed E-state index contributed by atoms with van der Waals surface area (Å²) in [5.41, 5.74) is 5.78. The van der Waals surface area contributed by atoms with E-state index in [9.17, 15) is 4.79 Å². The van der Waals surface area contributed by atoms with Crippen LogP contribution in [0.15, 0.2) is 54.6 Å². The zero-order chi connectivity index (χ0) is 20.1. The van der Waals surface area contributed by atoms with E-state index in [0.717, 1.165) is 19.6 Å². The molecule has 2 atom stereocenters. The van der Waals surface area contributed by atoms with Gasteiger partial charge in [0, 0.05) is 30.1 Å². The van der Waals surface area contributed by atoms with Crippen LogP contribution in [0.25, 0.3) is 0 Å². The zero-order valence-electron chi connectivity index (χ0n) is 17.1. The molecular weight excluding hydrogens is 362 g/mol. The van der Waals surface area contributed by atoms with Crippen molar-refractivity contribution in [2.24, 2.45) is 0 Å². The minimum absolute atomic E-state index is 0.195. The van der Waals surface area contributed by atoms with Gasteiger partial charge < -0.3 is 5.32 Å². The molecule has 0 spiro atoms. The third kappa shape index (κ3) is 5.44. The third-order valence-electron chi connectivity index (χ3n) is 5.99. The van der Waals surface area contributed by atoms with E-state index in [4.69, 9.17) is 4.84 Å². The molecule has 1 aliphatic carbocycles. The Morgan fingerprint density at radius 2 is 1.79 bits per heavy atom. The Labute approximate surface area is 173 Å². The summed E-state index contributed by atoms with van der Waals surface area (Å²) in [6.45, 7) is 5.48. The highest BCUT2D eigenvalue weighted by molar-refractivity contribution is 5.93. The number of amides is 1. The molecule has 5 nitrogen and oxygen atoms in total. The molecule has 2 N–H and O–H groups in total. The molecule has 1 aliphatic heterocycles. The Morgan fingerprint density at radius 3 is 2.48 bits per heavy atom. The molecule has 1 heterocycles. The lowest BCUT2D eigenvalue weighted by atomic mass is 10.0. The fourth-order valence-corrected chi connectivity index (χ4v) is 4.22. The van der Waals surface area contributed by atoms with Crippen LogP contribution in [0, 0.1) is 0 Å². The van der Waals surface area contributed by atoms with Crippen LogP contribution in [0.4, 0.5) is 0 Å². The van der Waals surface area contributed by atoms with Crippen LogP contribution in [-0.4, -0.2) is 42.6 Å². The van der Waals surface area contributed by atoms with Gasteiger partial charge in [-0.3, -0.25) is 14.5 Å². The number of likely N-dealkylation sites (tertiary alicyclic amines) is 1. The summed E-state index contributed by atoms with van der Waals surface area (Å²) < 4.78 is 0. The number of benzene rings is 2. The van der Waals surface area contributed by atoms with E-state index in [1.807, 2.05) is 31.2 Å². The van der Waals surface area contributed by atoms with Crippen LogP contribution in [0.1, 0.15) is 53.6 Å². The van der Waals surface area contributed by atoms with E-state index >= 15 is 0 Å². The van der Waals surface area contributed by atoms with Crippen molar-refractivity contribution < 1.29 is 9.63 Å². The average Bonchev–Trinajstić information content (AvgIpc) is 3.54. The number of hydrogen-bond donors (Lipinski definition) is 2. The Balaban J connectivity index is 1.19. The SMILES string of the molecule is CCONC(=O)c1ccc(CN2CCC(N[C@@H]3C[C@H]3c3ccccc3)CC2)cc1. The molecule has 0 radical (unpaired) electrons. The minimum atomic E-state index is -0.195. The van der Waals surface area contributed by atoms with Gasteiger partial charge in [-0.1, -0.05) is 42.5 Å². The van der Waals surface area contributed by atoms with E-state index in [2.05, 4.69) is 46.0 Å². The molecule has 4 rings (SSSR count). The van der Waals surface area contributed by atoms with Gasteiger partial charge in [0.1, 0.15) is 0 Å². The summed E-state index contributed by atoms with van der Waals surface area (Å²) in [4.78, 5) is 19.4. The molecule has 2 aliphatic rings. The van der Waals surface area contributed by atoms with Crippen LogP contribution < -0.4 is 10.8 Å². The molecule has 2 fully saturated rings. The molecule has 2 aromatic rings. The maximum Gasteiger partial charge on any atom is 0.274 e. The first-order valence-electron chi connectivity index (χ1n) is 10.8. The van der Waals surface area contributed by atoms with E-state index in [1.54, 1.807) is 0 Å². The number of hydrogen-bond acceptors (Lipinski definition) is 4. The highest BCUT2D eigenvalue weighted by atomic mass is 16.6. The lowest BCUT2D eigenvalue weighted by Gasteiger charge is -2.32. The summed E-state index contributed by atoms with van der Waals surface area (Å²) in [5.74, 6) is 0.506. The minimum Gasteiger partial charge on any atom is -0.311 e. The van der Waals surface area contributed by atoms with Crippen molar-refractivity contribution >= 4 is 5.91 Å². The number of hydroxylamine groups is 1. The van der Waals surface area contributed by atoms with Crippen LogP contribution in [0.3, 0.4) is 0 Å². The number of piperidine rings is 1. The van der Waals surface area contributed by atoms with E-state index in [0.29, 0.717) is 30.2 Å². The van der Waals surface area contributed by atoms with Gasteiger partial charge in [-0.05, 0) is 62.5 Å². The summed E-state index contributed by atoms with van der Waals surface area (Å²) in [6.07, 6.45) is 3.67. The number of carbonyl (C=O) groups is 1. The topological polar surface area (TPSA) is 53.6 Å². The molecular formula is C24H31N3O2. The van der Waals surface area contributed by atoms with Crippen molar-refractivity contribution in [3.63, 3.8) is 0 Å². The predicted octanol–water partition coefficient (Wildman–Crippen LogP) is 3.48. The summed E-state index contributed by atoms with van der Waals surface area (Å²) in [6, 6.07) is 20.0. The number of rotatable bonds is 8. The van der Waals surface area contributed by atoms with Crippen molar-refractivity contribution in [2.75, 3.05) is 19.7 Å². The largest absolute Gasteiger partial charge is 0.311 e. The van der Waals surface area contributed by atoms with Gasteiger partial charge in [0.05, 0.1) is 6.61 Å². The molecule has 0 bridgehead atoms. The van der Waals surface area contributed by atoms with Crippen molar-refractivity contribution in [1.82, 2.24) is 15.7 Å². The highest BCUT2D eigenvalue weighted by Gasteiger charge is 2.39. The fraction of sp³-hybridized carbons (Fsp3) is 0.458. The van der Waals surface area contributed by atoms with Gasteiger partial charge in [0.2, 0.25) is 0 Å². The van der Waals surface area contributed by atoms with Crippen molar-refractivity contribution in [2.45, 2.75) is 50.7 Å². The van der Waals surface area contributed by atoms with Crippen LogP contribution in [0.5, 0.6) is 0 Å². The molecule has 1 saturated heterocycles. The highest BCUT2D eigenvalue weighted by Crippen LogP contribution is 2.41. The summed E-state index contributed by atoms with van der Waals surface area (Å²) in [5, 5.41) is 3.88. The van der Waals surface area contributed by atoms with Gasteiger partial charge in [-0.2, -0.15) is 0 Å². The average molecular weight is 394 g/mol. The van der Waals surface area contributed by atoms with Gasteiger partial charge in [-0.15, -0.1) is 0 Å². The Bertz CT molecular complexity index is 786. The molecule has 0 unspecified atom stereocenters. The molecule has 1 amide bonds. The normalized spacial score (nSPS) is 22.4. The molecule has 29 heavy (non-hydrogen) atoms. The molecule has 2 aromatic carbocycles. The first-order valence-corrected chi connectivity index (χ1v) is 10.8. The van der Waals surface area contributed by atoms with Crippen molar-refractivity contribution in [1.29, 1.82) is 0 Å². The standard InChI is InChI=1S/C24H31N3O2/c1-2-29-26-24(28)20-10-8-18(9-11-20)17-27-14-12-21(13-15-27)25-23-16-22(23)19-6-4-3-5-7-19/h3-11,21-23,25H,2,12-17H2,1H3,(H,26,28)/t22-,23+/m0/s1. The fourth-order valence-electron chi connectivity index (χ4n) is 4.22. The predicted molar refractivity (Wildman–Crippen MR) is 115 cm³/mol. The number of nitrogens with one attached hydrogen (secondary N) is 2. The molecule has 5 heteroatoms. The quantitative estimate of drug-likeness (QED) is 0.674. The van der Waals surface area contributed by atoms with Crippen LogP contribution in [0.2, 0.25) is 0 Å². The van der Waals surface area contributed by atoms with Gasteiger partial charge in [0.15, 0.2) is 0 Å². The summed E-state index contributed by atoms with van der Waals surface area (Å²) in [7, 11) is 0. The lowest BCUT2D eigenvalue weighted by molar-refractivity contribution is 0.0364. The van der Waals surface area contributed by atoms with Gasteiger partial charge in [-0.25, -0.2) is 5.48 Å². The van der Waals surface area contributed by atoms with E-state index in [1.165, 1.54) is 30.4 Å². The molecule has 1 saturated carbocycles. The van der Waals surface area contributed by atoms with Gasteiger partial charge in [0.25, 0.3) is 5.91 Å². The smallest absolute Gasteiger partial charge is 0.274 e. The second-order valence-corrected chi connectivity index (χ2v) is 8.14. The summed E-state index contributed by atoms with van der Waals surface area (Å²) >= 11 is 0. The first kappa shape index (κ1) is 20.1. The Kier molecular flexibility index (Phi) is 6.60. The Hall–Kier alpha value is -2.21. The van der Waals surface area contributed by atoms with E-state index in [-0.39, 0.29) is 5.91 Å². The van der Waals surface area contributed by atoms with Crippen LogP contribution >= 0.6 is 0 Å².